The summed E-state index contributed by atoms with van der Waals surface area (Å²) in [5, 5.41) is 2.78. The monoisotopic (exact) mass is 184 g/mol. The van der Waals surface area contributed by atoms with Crippen molar-refractivity contribution in [3.63, 3.8) is 0 Å². The van der Waals surface area contributed by atoms with Crippen molar-refractivity contribution in [2.24, 2.45) is 5.73 Å². The predicted molar refractivity (Wildman–Crippen MR) is 39.4 cm³/mol. The first-order chi connectivity index (χ1) is 5.06. The van der Waals surface area contributed by atoms with Crippen molar-refractivity contribution in [2.45, 2.75) is 0 Å². The lowest BCUT2D eigenvalue weighted by atomic mass is 10.6. The lowest BCUT2D eigenvalue weighted by Crippen LogP contribution is -2.26. The van der Waals surface area contributed by atoms with Crippen LogP contribution >= 0.6 is 0 Å². The van der Waals surface area contributed by atoms with E-state index >= 15 is 0 Å². The van der Waals surface area contributed by atoms with Gasteiger partial charge in [0.15, 0.2) is 0 Å². The van der Waals surface area contributed by atoms with Gasteiger partial charge in [-0.2, -0.15) is 8.42 Å². The van der Waals surface area contributed by atoms with Gasteiger partial charge in [0, 0.05) is 19.6 Å². The molecule has 68 valence electrons. The summed E-state index contributed by atoms with van der Waals surface area (Å²) in [6.45, 7) is 1.33. The van der Waals surface area contributed by atoms with Crippen molar-refractivity contribution < 1.29 is 17.2 Å². The van der Waals surface area contributed by atoms with Gasteiger partial charge in [-0.3, -0.25) is 4.55 Å². The number of nitrogens with one attached hydrogen (secondary N) is 1. The zero-order chi connectivity index (χ0) is 8.74. The van der Waals surface area contributed by atoms with Gasteiger partial charge < -0.3 is 11.1 Å². The van der Waals surface area contributed by atoms with Crippen LogP contribution in [0.4, 0.5) is 0 Å². The summed E-state index contributed by atoms with van der Waals surface area (Å²) in [6.07, 6.45) is 0. The number of rotatable bonds is 6. The Morgan fingerprint density at radius 2 is 2.09 bits per heavy atom. The molecule has 0 amide bonds. The Balaban J connectivity index is 3.16. The summed E-state index contributed by atoms with van der Waals surface area (Å²) in [4.78, 5) is 0. The Hall–Kier alpha value is -0.210. The first kappa shape index (κ1) is 10.8. The zero-order valence-corrected chi connectivity index (χ0v) is 6.80. The molecule has 0 saturated heterocycles. The van der Waals surface area contributed by atoms with Gasteiger partial charge in [-0.25, -0.2) is 4.18 Å². The molecule has 0 atom stereocenters. The van der Waals surface area contributed by atoms with Crippen LogP contribution in [-0.2, 0) is 14.6 Å². The summed E-state index contributed by atoms with van der Waals surface area (Å²) in [5.74, 6) is 0. The van der Waals surface area contributed by atoms with Gasteiger partial charge in [0.05, 0.1) is 6.61 Å². The molecule has 0 aromatic carbocycles. The van der Waals surface area contributed by atoms with E-state index in [1.54, 1.807) is 0 Å². The molecule has 7 heteroatoms. The van der Waals surface area contributed by atoms with Crippen LogP contribution in [0, 0.1) is 0 Å². The molecule has 0 aliphatic carbocycles. The molecule has 0 unspecified atom stereocenters. The maximum absolute atomic E-state index is 9.94. The van der Waals surface area contributed by atoms with Crippen molar-refractivity contribution in [3.8, 4) is 0 Å². The number of nitrogens with two attached hydrogens (primary N) is 1. The van der Waals surface area contributed by atoms with Gasteiger partial charge in [-0.15, -0.1) is 0 Å². The number of hydrogen-bond donors (Lipinski definition) is 3. The molecule has 0 aliphatic rings. The quantitative estimate of drug-likeness (QED) is 0.338. The van der Waals surface area contributed by atoms with Crippen LogP contribution in [0.15, 0.2) is 0 Å². The molecule has 0 fully saturated rings. The van der Waals surface area contributed by atoms with Crippen molar-refractivity contribution in [2.75, 3.05) is 26.2 Å². The minimum absolute atomic E-state index is 0.0845. The summed E-state index contributed by atoms with van der Waals surface area (Å²) >= 11 is 0. The van der Waals surface area contributed by atoms with Crippen LogP contribution in [0.1, 0.15) is 0 Å². The van der Waals surface area contributed by atoms with Gasteiger partial charge in [0.1, 0.15) is 0 Å². The summed E-state index contributed by atoms with van der Waals surface area (Å²) < 4.78 is 32.0. The second-order valence-electron chi connectivity index (χ2n) is 1.79. The Morgan fingerprint density at radius 1 is 1.45 bits per heavy atom. The summed E-state index contributed by atoms with van der Waals surface area (Å²) in [6, 6.07) is 0. The molecule has 0 saturated carbocycles. The molecule has 0 heterocycles. The Bertz CT molecular complexity index is 179. The second kappa shape index (κ2) is 5.44. The third-order valence-electron chi connectivity index (χ3n) is 0.832. The lowest BCUT2D eigenvalue weighted by molar-refractivity contribution is 0.268. The highest BCUT2D eigenvalue weighted by Crippen LogP contribution is 1.82. The molecule has 0 spiro atoms. The topological polar surface area (TPSA) is 102 Å². The zero-order valence-electron chi connectivity index (χ0n) is 5.99. The van der Waals surface area contributed by atoms with Crippen LogP contribution in [0.2, 0.25) is 0 Å². The van der Waals surface area contributed by atoms with Crippen molar-refractivity contribution >= 4 is 10.4 Å². The van der Waals surface area contributed by atoms with E-state index < -0.39 is 10.4 Å². The van der Waals surface area contributed by atoms with Gasteiger partial charge in [0.25, 0.3) is 0 Å². The fourth-order valence-electron chi connectivity index (χ4n) is 0.446. The smallest absolute Gasteiger partial charge is 0.329 e. The highest BCUT2D eigenvalue weighted by atomic mass is 32.3. The van der Waals surface area contributed by atoms with Crippen LogP contribution in [0.5, 0.6) is 0 Å². The molecule has 0 rings (SSSR count). The molecule has 0 radical (unpaired) electrons. The average molecular weight is 184 g/mol. The largest absolute Gasteiger partial charge is 0.397 e. The average Bonchev–Trinajstić information content (AvgIpc) is 1.85. The Labute approximate surface area is 65.7 Å². The van der Waals surface area contributed by atoms with E-state index in [1.165, 1.54) is 0 Å². The molecule has 0 bridgehead atoms. The predicted octanol–water partition coefficient (Wildman–Crippen LogP) is -1.65. The fraction of sp³-hybridized carbons (Fsp3) is 1.00. The van der Waals surface area contributed by atoms with E-state index in [0.29, 0.717) is 19.6 Å². The maximum Gasteiger partial charge on any atom is 0.397 e. The van der Waals surface area contributed by atoms with E-state index in [1.807, 2.05) is 0 Å². The molecule has 0 aromatic rings. The minimum atomic E-state index is -4.28. The SMILES string of the molecule is NCCNCCOS(=O)(=O)O. The van der Waals surface area contributed by atoms with E-state index in [-0.39, 0.29) is 6.61 Å². The normalized spacial score (nSPS) is 11.8. The second-order valence-corrected chi connectivity index (χ2v) is 2.88. The van der Waals surface area contributed by atoms with Gasteiger partial charge in [0.2, 0.25) is 0 Å². The van der Waals surface area contributed by atoms with E-state index in [4.69, 9.17) is 10.3 Å². The number of hydrogen-bond acceptors (Lipinski definition) is 5. The Kier molecular flexibility index (Phi) is 5.34. The van der Waals surface area contributed by atoms with Crippen molar-refractivity contribution in [1.82, 2.24) is 5.32 Å². The van der Waals surface area contributed by atoms with Crippen LogP contribution < -0.4 is 11.1 Å². The molecule has 0 aliphatic heterocycles. The van der Waals surface area contributed by atoms with Crippen LogP contribution in [-0.4, -0.2) is 39.2 Å². The summed E-state index contributed by atoms with van der Waals surface area (Å²) in [5.41, 5.74) is 5.13. The third-order valence-corrected chi connectivity index (χ3v) is 1.30. The molecule has 6 nitrogen and oxygen atoms in total. The molecular weight excluding hydrogens is 172 g/mol. The third kappa shape index (κ3) is 9.79. The Morgan fingerprint density at radius 3 is 2.55 bits per heavy atom. The van der Waals surface area contributed by atoms with Gasteiger partial charge >= 0.3 is 10.4 Å². The summed E-state index contributed by atoms with van der Waals surface area (Å²) in [7, 11) is -4.28. The molecular formula is C4H12N2O4S. The van der Waals surface area contributed by atoms with Crippen molar-refractivity contribution in [3.05, 3.63) is 0 Å². The van der Waals surface area contributed by atoms with Crippen LogP contribution in [0.3, 0.4) is 0 Å². The maximum atomic E-state index is 9.94. The molecule has 11 heavy (non-hydrogen) atoms. The molecule has 0 aromatic heterocycles. The highest BCUT2D eigenvalue weighted by molar-refractivity contribution is 7.80. The first-order valence-corrected chi connectivity index (χ1v) is 4.45. The molecule has 4 N–H and O–H groups in total. The van der Waals surface area contributed by atoms with E-state index in [0.717, 1.165) is 0 Å². The first-order valence-electron chi connectivity index (χ1n) is 3.09. The standard InChI is InChI=1S/C4H12N2O4S/c5-1-2-6-3-4-10-11(7,8)9/h6H,1-5H2,(H,7,8,9). The van der Waals surface area contributed by atoms with Gasteiger partial charge in [-0.05, 0) is 0 Å². The van der Waals surface area contributed by atoms with E-state index in [9.17, 15) is 8.42 Å². The van der Waals surface area contributed by atoms with E-state index in [2.05, 4.69) is 9.50 Å². The minimum Gasteiger partial charge on any atom is -0.329 e. The lowest BCUT2D eigenvalue weighted by Gasteiger charge is -2.00. The van der Waals surface area contributed by atoms with Gasteiger partial charge in [-0.1, -0.05) is 0 Å². The van der Waals surface area contributed by atoms with Crippen LogP contribution in [0.25, 0.3) is 0 Å². The fourth-order valence-corrected chi connectivity index (χ4v) is 0.740. The van der Waals surface area contributed by atoms with Crippen molar-refractivity contribution in [1.29, 1.82) is 0 Å². The highest BCUT2D eigenvalue weighted by Gasteiger charge is 2.01.